The van der Waals surface area contributed by atoms with Crippen LogP contribution in [0.1, 0.15) is 38.2 Å². The second-order valence-electron chi connectivity index (χ2n) is 4.23. The van der Waals surface area contributed by atoms with Gasteiger partial charge in [-0.2, -0.15) is 13.2 Å². The molecule has 0 saturated carbocycles. The summed E-state index contributed by atoms with van der Waals surface area (Å²) in [6.07, 6.45) is -3.63. The summed E-state index contributed by atoms with van der Waals surface area (Å²) in [7, 11) is 0. The number of nitrogens with zero attached hydrogens (tertiary/aromatic N) is 2. The van der Waals surface area contributed by atoms with Crippen molar-refractivity contribution < 1.29 is 13.2 Å². The molecule has 0 fully saturated rings. The zero-order chi connectivity index (χ0) is 13.8. The first kappa shape index (κ1) is 15.0. The summed E-state index contributed by atoms with van der Waals surface area (Å²) in [5.41, 5.74) is 0.728. The van der Waals surface area contributed by atoms with Gasteiger partial charge in [-0.15, -0.1) is 0 Å². The van der Waals surface area contributed by atoms with Crippen molar-refractivity contribution in [1.29, 1.82) is 0 Å². The van der Waals surface area contributed by atoms with Gasteiger partial charge in [-0.3, -0.25) is 0 Å². The lowest BCUT2D eigenvalue weighted by Gasteiger charge is -2.14. The molecule has 0 aromatic carbocycles. The normalized spacial score (nSPS) is 11.9. The van der Waals surface area contributed by atoms with Crippen molar-refractivity contribution in [1.82, 2.24) is 9.97 Å². The average Bonchev–Trinajstić information content (AvgIpc) is 2.22. The lowest BCUT2D eigenvalue weighted by molar-refractivity contribution is -0.134. The molecule has 0 amide bonds. The Bertz CT molecular complexity index is 394. The summed E-state index contributed by atoms with van der Waals surface area (Å²) in [6, 6.07) is 0. The second-order valence-corrected chi connectivity index (χ2v) is 4.58. The van der Waals surface area contributed by atoms with Crippen LogP contribution in [0.5, 0.6) is 0 Å². The summed E-state index contributed by atoms with van der Waals surface area (Å²) in [6.45, 7) is 4.05. The molecule has 1 N–H and O–H groups in total. The fourth-order valence-electron chi connectivity index (χ4n) is 1.52. The highest BCUT2D eigenvalue weighted by atomic mass is 35.5. The van der Waals surface area contributed by atoms with E-state index in [9.17, 15) is 13.2 Å². The minimum atomic E-state index is -4.12. The molecule has 0 atom stereocenters. The number of halogens is 4. The number of nitrogens with one attached hydrogen (secondary N) is 1. The summed E-state index contributed by atoms with van der Waals surface area (Å²) in [5, 5.41) is 3.20. The standard InChI is InChI=1S/C11H15ClF3N3/c1-7(2)8-9(12)17-6-18-10(8)16-5-3-4-11(13,14)15/h6-7H,3-5H2,1-2H3,(H,16,17,18). The van der Waals surface area contributed by atoms with E-state index in [4.69, 9.17) is 11.6 Å². The summed E-state index contributed by atoms with van der Waals surface area (Å²) >= 11 is 5.94. The minimum absolute atomic E-state index is 0.00264. The van der Waals surface area contributed by atoms with Crippen LogP contribution in [0, 0.1) is 0 Å². The average molecular weight is 282 g/mol. The summed E-state index contributed by atoms with van der Waals surface area (Å²) < 4.78 is 35.9. The number of hydrogen-bond acceptors (Lipinski definition) is 3. The van der Waals surface area contributed by atoms with Crippen molar-refractivity contribution in [3.63, 3.8) is 0 Å². The Morgan fingerprint density at radius 3 is 2.56 bits per heavy atom. The molecule has 1 aromatic rings. The SMILES string of the molecule is CC(C)c1c(Cl)ncnc1NCCCC(F)(F)F. The van der Waals surface area contributed by atoms with Crippen molar-refractivity contribution in [2.75, 3.05) is 11.9 Å². The van der Waals surface area contributed by atoms with E-state index in [1.165, 1.54) is 6.33 Å². The van der Waals surface area contributed by atoms with E-state index in [1.807, 2.05) is 13.8 Å². The van der Waals surface area contributed by atoms with Gasteiger partial charge in [0.05, 0.1) is 0 Å². The first-order valence-corrected chi connectivity index (χ1v) is 6.00. The maximum absolute atomic E-state index is 12.0. The molecule has 18 heavy (non-hydrogen) atoms. The highest BCUT2D eigenvalue weighted by molar-refractivity contribution is 6.30. The Labute approximate surface area is 109 Å². The fraction of sp³-hybridized carbons (Fsp3) is 0.636. The first-order chi connectivity index (χ1) is 8.31. The van der Waals surface area contributed by atoms with Gasteiger partial charge in [0, 0.05) is 18.5 Å². The van der Waals surface area contributed by atoms with Gasteiger partial charge in [0.25, 0.3) is 0 Å². The molecule has 1 aromatic heterocycles. The molecule has 0 saturated heterocycles. The van der Waals surface area contributed by atoms with Crippen LogP contribution in [0.3, 0.4) is 0 Å². The van der Waals surface area contributed by atoms with E-state index in [1.54, 1.807) is 0 Å². The van der Waals surface area contributed by atoms with Gasteiger partial charge in [0.15, 0.2) is 0 Å². The molecular weight excluding hydrogens is 267 g/mol. The van der Waals surface area contributed by atoms with Gasteiger partial charge < -0.3 is 5.32 Å². The molecule has 3 nitrogen and oxygen atoms in total. The van der Waals surface area contributed by atoms with E-state index in [0.717, 1.165) is 5.56 Å². The molecule has 1 heterocycles. The van der Waals surface area contributed by atoms with Crippen LogP contribution in [0.4, 0.5) is 19.0 Å². The molecule has 0 radical (unpaired) electrons. The van der Waals surface area contributed by atoms with Crippen molar-refractivity contribution >= 4 is 17.4 Å². The predicted molar refractivity (Wildman–Crippen MR) is 64.9 cm³/mol. The lowest BCUT2D eigenvalue weighted by Crippen LogP contribution is -2.13. The van der Waals surface area contributed by atoms with Crippen molar-refractivity contribution in [2.24, 2.45) is 0 Å². The molecule has 0 aliphatic heterocycles. The maximum atomic E-state index is 12.0. The van der Waals surface area contributed by atoms with Crippen molar-refractivity contribution in [3.05, 3.63) is 17.0 Å². The fourth-order valence-corrected chi connectivity index (χ4v) is 1.87. The molecule has 0 unspecified atom stereocenters. The number of aromatic nitrogens is 2. The summed E-state index contributed by atoms with van der Waals surface area (Å²) in [5.74, 6) is 0.607. The van der Waals surface area contributed by atoms with Crippen LogP contribution in [0.25, 0.3) is 0 Å². The maximum Gasteiger partial charge on any atom is 0.389 e. The van der Waals surface area contributed by atoms with E-state index in [0.29, 0.717) is 11.0 Å². The minimum Gasteiger partial charge on any atom is -0.370 e. The van der Waals surface area contributed by atoms with Gasteiger partial charge in [-0.1, -0.05) is 25.4 Å². The van der Waals surface area contributed by atoms with Crippen LogP contribution in [-0.2, 0) is 0 Å². The highest BCUT2D eigenvalue weighted by Gasteiger charge is 2.26. The Hall–Kier alpha value is -1.04. The van der Waals surface area contributed by atoms with Gasteiger partial charge in [0.1, 0.15) is 17.3 Å². The molecule has 0 aliphatic rings. The molecule has 1 rings (SSSR count). The van der Waals surface area contributed by atoms with Crippen LogP contribution < -0.4 is 5.32 Å². The van der Waals surface area contributed by atoms with Crippen LogP contribution in [-0.4, -0.2) is 22.7 Å². The Morgan fingerprint density at radius 2 is 2.00 bits per heavy atom. The van der Waals surface area contributed by atoms with Crippen LogP contribution >= 0.6 is 11.6 Å². The Kier molecular flexibility index (Phi) is 5.19. The van der Waals surface area contributed by atoms with Gasteiger partial charge in [0.2, 0.25) is 0 Å². The number of hydrogen-bond donors (Lipinski definition) is 1. The summed E-state index contributed by atoms with van der Waals surface area (Å²) in [4.78, 5) is 7.87. The molecule has 0 spiro atoms. The van der Waals surface area contributed by atoms with E-state index >= 15 is 0 Å². The molecule has 0 bridgehead atoms. The van der Waals surface area contributed by atoms with Crippen molar-refractivity contribution in [2.45, 2.75) is 38.8 Å². The third-order valence-corrected chi connectivity index (χ3v) is 2.64. The van der Waals surface area contributed by atoms with Gasteiger partial charge >= 0.3 is 6.18 Å². The van der Waals surface area contributed by atoms with E-state index < -0.39 is 12.6 Å². The number of alkyl halides is 3. The largest absolute Gasteiger partial charge is 0.389 e. The topological polar surface area (TPSA) is 37.8 Å². The van der Waals surface area contributed by atoms with Crippen LogP contribution in [0.2, 0.25) is 5.15 Å². The third-order valence-electron chi connectivity index (χ3n) is 2.34. The first-order valence-electron chi connectivity index (χ1n) is 5.62. The Balaban J connectivity index is 2.60. The van der Waals surface area contributed by atoms with E-state index in [2.05, 4.69) is 15.3 Å². The number of anilines is 1. The zero-order valence-electron chi connectivity index (χ0n) is 10.2. The molecule has 102 valence electrons. The predicted octanol–water partition coefficient (Wildman–Crippen LogP) is 4.01. The van der Waals surface area contributed by atoms with Gasteiger partial charge in [-0.25, -0.2) is 9.97 Å². The van der Waals surface area contributed by atoms with Crippen LogP contribution in [0.15, 0.2) is 6.33 Å². The Morgan fingerprint density at radius 1 is 1.33 bits per heavy atom. The molecule has 7 heteroatoms. The third kappa shape index (κ3) is 4.68. The quantitative estimate of drug-likeness (QED) is 0.654. The zero-order valence-corrected chi connectivity index (χ0v) is 10.9. The molecular formula is C11H15ClF3N3. The lowest BCUT2D eigenvalue weighted by atomic mass is 10.1. The van der Waals surface area contributed by atoms with Gasteiger partial charge in [-0.05, 0) is 12.3 Å². The van der Waals surface area contributed by atoms with E-state index in [-0.39, 0.29) is 18.9 Å². The smallest absolute Gasteiger partial charge is 0.370 e. The number of rotatable bonds is 5. The monoisotopic (exact) mass is 281 g/mol. The second kappa shape index (κ2) is 6.22. The van der Waals surface area contributed by atoms with Crippen molar-refractivity contribution in [3.8, 4) is 0 Å². The molecule has 0 aliphatic carbocycles. The highest BCUT2D eigenvalue weighted by Crippen LogP contribution is 2.28.